The van der Waals surface area contributed by atoms with Gasteiger partial charge in [-0.3, -0.25) is 0 Å². The Morgan fingerprint density at radius 1 is 1.06 bits per heavy atom. The highest BCUT2D eigenvalue weighted by Crippen LogP contribution is 2.30. The minimum absolute atomic E-state index is 0.790. The fourth-order valence-corrected chi connectivity index (χ4v) is 2.31. The lowest BCUT2D eigenvalue weighted by Gasteiger charge is -2.08. The zero-order valence-corrected chi connectivity index (χ0v) is 9.35. The second-order valence-electron chi connectivity index (χ2n) is 4.15. The number of rotatable bonds is 1. The summed E-state index contributed by atoms with van der Waals surface area (Å²) in [6.07, 6.45) is 7.18. The second kappa shape index (κ2) is 3.92. The number of hydrogen-bond acceptors (Lipinski definition) is 1. The van der Waals surface area contributed by atoms with E-state index < -0.39 is 0 Å². The van der Waals surface area contributed by atoms with Gasteiger partial charge in [0, 0.05) is 5.39 Å². The van der Waals surface area contributed by atoms with Crippen molar-refractivity contribution in [3.05, 3.63) is 65.8 Å². The molecule has 3 rings (SSSR count). The van der Waals surface area contributed by atoms with E-state index in [4.69, 9.17) is 0 Å². The first kappa shape index (κ1) is 9.86. The third-order valence-corrected chi connectivity index (χ3v) is 3.16. The van der Waals surface area contributed by atoms with Gasteiger partial charge in [-0.2, -0.15) is 5.26 Å². The number of benzene rings is 2. The third-order valence-electron chi connectivity index (χ3n) is 3.16. The lowest BCUT2D eigenvalue weighted by molar-refractivity contribution is 1.41. The lowest BCUT2D eigenvalue weighted by atomic mass is 9.94. The normalized spacial score (nSPS) is 13.7. The van der Waals surface area contributed by atoms with Crippen molar-refractivity contribution in [2.45, 2.75) is 6.42 Å². The number of fused-ring (bicyclic) bond motifs is 1. The van der Waals surface area contributed by atoms with Crippen molar-refractivity contribution in [3.8, 4) is 6.07 Å². The summed E-state index contributed by atoms with van der Waals surface area (Å²) in [6, 6.07) is 14.5. The SMILES string of the molecule is N#Cc1c(C2=CC=CC2)ccc2ccccc12. The van der Waals surface area contributed by atoms with Crippen molar-refractivity contribution in [2.75, 3.05) is 0 Å². The molecule has 0 radical (unpaired) electrons. The molecule has 0 spiro atoms. The predicted molar refractivity (Wildman–Crippen MR) is 70.4 cm³/mol. The standard InChI is InChI=1S/C16H11N/c17-11-16-14-8-4-3-7-13(14)9-10-15(16)12-5-1-2-6-12/h1-5,7-10H,6H2. The molecule has 0 fully saturated rings. The Bertz CT molecular complexity index is 684. The van der Waals surface area contributed by atoms with Crippen molar-refractivity contribution >= 4 is 16.3 Å². The third kappa shape index (κ3) is 1.55. The van der Waals surface area contributed by atoms with Gasteiger partial charge in [-0.25, -0.2) is 0 Å². The average Bonchev–Trinajstić information content (AvgIpc) is 2.91. The first-order chi connectivity index (χ1) is 8.40. The molecule has 0 aliphatic heterocycles. The van der Waals surface area contributed by atoms with Gasteiger partial charge in [-0.05, 0) is 22.9 Å². The van der Waals surface area contributed by atoms with Gasteiger partial charge in [-0.1, -0.05) is 54.6 Å². The van der Waals surface area contributed by atoms with Crippen LogP contribution in [0.15, 0.2) is 54.6 Å². The Balaban J connectivity index is 2.30. The van der Waals surface area contributed by atoms with Crippen LogP contribution in [0.25, 0.3) is 16.3 Å². The van der Waals surface area contributed by atoms with E-state index in [0.29, 0.717) is 0 Å². The molecule has 1 aliphatic carbocycles. The van der Waals surface area contributed by atoms with Crippen LogP contribution in [0.4, 0.5) is 0 Å². The number of hydrogen-bond donors (Lipinski definition) is 0. The largest absolute Gasteiger partial charge is 0.192 e. The minimum Gasteiger partial charge on any atom is -0.192 e. The summed E-state index contributed by atoms with van der Waals surface area (Å²) in [7, 11) is 0. The zero-order chi connectivity index (χ0) is 11.7. The molecule has 0 heterocycles. The van der Waals surface area contributed by atoms with Gasteiger partial charge < -0.3 is 0 Å². The van der Waals surface area contributed by atoms with Gasteiger partial charge >= 0.3 is 0 Å². The molecular weight excluding hydrogens is 206 g/mol. The van der Waals surface area contributed by atoms with Gasteiger partial charge in [0.15, 0.2) is 0 Å². The van der Waals surface area contributed by atoms with Crippen molar-refractivity contribution in [3.63, 3.8) is 0 Å². The Hall–Kier alpha value is -2.33. The first-order valence-corrected chi connectivity index (χ1v) is 5.68. The molecule has 0 N–H and O–H groups in total. The molecule has 1 nitrogen and oxygen atoms in total. The van der Waals surface area contributed by atoms with Crippen LogP contribution in [0.2, 0.25) is 0 Å². The van der Waals surface area contributed by atoms with Crippen molar-refractivity contribution in [1.82, 2.24) is 0 Å². The second-order valence-corrected chi connectivity index (χ2v) is 4.15. The van der Waals surface area contributed by atoms with E-state index >= 15 is 0 Å². The molecule has 1 heteroatoms. The van der Waals surface area contributed by atoms with Crippen LogP contribution in [-0.4, -0.2) is 0 Å². The summed E-state index contributed by atoms with van der Waals surface area (Å²) in [5, 5.41) is 11.5. The van der Waals surface area contributed by atoms with E-state index in [2.05, 4.69) is 30.4 Å². The fraction of sp³-hybridized carbons (Fsp3) is 0.0625. The van der Waals surface area contributed by atoms with Gasteiger partial charge in [0.25, 0.3) is 0 Å². The van der Waals surface area contributed by atoms with E-state index in [1.807, 2.05) is 30.3 Å². The molecule has 2 aromatic rings. The average molecular weight is 217 g/mol. The van der Waals surface area contributed by atoms with Crippen molar-refractivity contribution in [1.29, 1.82) is 5.26 Å². The van der Waals surface area contributed by atoms with E-state index in [0.717, 1.165) is 28.3 Å². The van der Waals surface area contributed by atoms with Crippen LogP contribution >= 0.6 is 0 Å². The van der Waals surface area contributed by atoms with E-state index in [1.54, 1.807) is 0 Å². The highest BCUT2D eigenvalue weighted by Gasteiger charge is 2.11. The maximum absolute atomic E-state index is 9.38. The molecule has 0 saturated carbocycles. The van der Waals surface area contributed by atoms with Gasteiger partial charge in [-0.15, -0.1) is 0 Å². The van der Waals surface area contributed by atoms with Crippen LogP contribution in [0.1, 0.15) is 17.5 Å². The maximum atomic E-state index is 9.38. The number of allylic oxidation sites excluding steroid dienone is 4. The smallest absolute Gasteiger partial charge is 0.100 e. The highest BCUT2D eigenvalue weighted by atomic mass is 14.3. The molecule has 17 heavy (non-hydrogen) atoms. The molecule has 2 aromatic carbocycles. The minimum atomic E-state index is 0.790. The summed E-state index contributed by atoms with van der Waals surface area (Å²) >= 11 is 0. The lowest BCUT2D eigenvalue weighted by Crippen LogP contribution is -1.89. The summed E-state index contributed by atoms with van der Waals surface area (Å²) in [6.45, 7) is 0. The topological polar surface area (TPSA) is 23.8 Å². The molecule has 0 bridgehead atoms. The molecule has 0 amide bonds. The van der Waals surface area contributed by atoms with Gasteiger partial charge in [0.05, 0.1) is 5.56 Å². The molecule has 0 unspecified atom stereocenters. The maximum Gasteiger partial charge on any atom is 0.100 e. The highest BCUT2D eigenvalue weighted by molar-refractivity contribution is 5.93. The summed E-state index contributed by atoms with van der Waals surface area (Å²) in [5.41, 5.74) is 3.08. The molecule has 0 atom stereocenters. The first-order valence-electron chi connectivity index (χ1n) is 5.68. The fourth-order valence-electron chi connectivity index (χ4n) is 2.31. The van der Waals surface area contributed by atoms with Crippen LogP contribution in [0.5, 0.6) is 0 Å². The molecule has 0 aromatic heterocycles. The Morgan fingerprint density at radius 3 is 2.71 bits per heavy atom. The monoisotopic (exact) mass is 217 g/mol. The number of nitrogens with zero attached hydrogens (tertiary/aromatic N) is 1. The summed E-state index contributed by atoms with van der Waals surface area (Å²) in [5.74, 6) is 0. The zero-order valence-electron chi connectivity index (χ0n) is 9.35. The van der Waals surface area contributed by atoms with E-state index in [-0.39, 0.29) is 0 Å². The van der Waals surface area contributed by atoms with Gasteiger partial charge in [0.1, 0.15) is 6.07 Å². The number of nitriles is 1. The quantitative estimate of drug-likeness (QED) is 0.706. The van der Waals surface area contributed by atoms with Crippen molar-refractivity contribution in [2.24, 2.45) is 0 Å². The Labute approximate surface area is 100 Å². The van der Waals surface area contributed by atoms with E-state index in [9.17, 15) is 5.26 Å². The Morgan fingerprint density at radius 2 is 1.94 bits per heavy atom. The summed E-state index contributed by atoms with van der Waals surface area (Å²) < 4.78 is 0. The van der Waals surface area contributed by atoms with Crippen LogP contribution in [0, 0.1) is 11.3 Å². The van der Waals surface area contributed by atoms with E-state index in [1.165, 1.54) is 5.57 Å². The molecule has 0 saturated heterocycles. The molecule has 80 valence electrons. The van der Waals surface area contributed by atoms with Crippen LogP contribution in [0.3, 0.4) is 0 Å². The van der Waals surface area contributed by atoms with Crippen LogP contribution in [-0.2, 0) is 0 Å². The predicted octanol–water partition coefficient (Wildman–Crippen LogP) is 4.05. The van der Waals surface area contributed by atoms with Gasteiger partial charge in [0.2, 0.25) is 0 Å². The van der Waals surface area contributed by atoms with Crippen molar-refractivity contribution < 1.29 is 0 Å². The van der Waals surface area contributed by atoms with Crippen LogP contribution < -0.4 is 0 Å². The Kier molecular flexibility index (Phi) is 2.27. The summed E-state index contributed by atoms with van der Waals surface area (Å²) in [4.78, 5) is 0. The molecule has 1 aliphatic rings. The molecular formula is C16H11N.